The third-order valence-electron chi connectivity index (χ3n) is 2.53. The summed E-state index contributed by atoms with van der Waals surface area (Å²) in [6.45, 7) is 3.05. The van der Waals surface area contributed by atoms with Crippen LogP contribution in [0.4, 0.5) is 5.95 Å². The van der Waals surface area contributed by atoms with E-state index in [1.807, 2.05) is 6.20 Å². The fraction of sp³-hybridized carbons (Fsp3) is 0.700. The first-order valence-corrected chi connectivity index (χ1v) is 6.41. The van der Waals surface area contributed by atoms with Crippen LogP contribution < -0.4 is 5.32 Å². The van der Waals surface area contributed by atoms with Crippen molar-refractivity contribution in [3.05, 3.63) is 12.4 Å². The number of hydrogen-bond donors (Lipinski definition) is 1. The Kier molecular flexibility index (Phi) is 3.35. The van der Waals surface area contributed by atoms with Crippen LogP contribution in [0.15, 0.2) is 12.4 Å². The van der Waals surface area contributed by atoms with Crippen molar-refractivity contribution in [3.8, 4) is 0 Å². The summed E-state index contributed by atoms with van der Waals surface area (Å²) < 4.78 is 2.29. The molecule has 1 aromatic heterocycles. The van der Waals surface area contributed by atoms with Crippen LogP contribution in [-0.2, 0) is 0 Å². The molecule has 78 valence electrons. The molecule has 1 unspecified atom stereocenters. The molecule has 0 bridgehead atoms. The molecular weight excluding hydrogens is 194 g/mol. The van der Waals surface area contributed by atoms with E-state index in [2.05, 4.69) is 39.8 Å². The molecular formula is C10H17N3S. The van der Waals surface area contributed by atoms with E-state index in [0.29, 0.717) is 6.04 Å². The molecule has 0 saturated carbocycles. The molecule has 1 N–H and O–H groups in total. The molecule has 0 spiro atoms. The van der Waals surface area contributed by atoms with Gasteiger partial charge in [0, 0.05) is 30.7 Å². The summed E-state index contributed by atoms with van der Waals surface area (Å²) >= 11 is 2.05. The van der Waals surface area contributed by atoms with Crippen LogP contribution in [0.1, 0.15) is 25.8 Å². The largest absolute Gasteiger partial charge is 0.356 e. The van der Waals surface area contributed by atoms with E-state index >= 15 is 0 Å². The van der Waals surface area contributed by atoms with Gasteiger partial charge in [0.05, 0.1) is 0 Å². The highest BCUT2D eigenvalue weighted by molar-refractivity contribution is 7.99. The molecule has 1 fully saturated rings. The SMILES string of the molecule is CCNc1nccn1C1CCCSC1. The highest BCUT2D eigenvalue weighted by atomic mass is 32.2. The van der Waals surface area contributed by atoms with Crippen LogP contribution in [0.25, 0.3) is 0 Å². The molecule has 2 heterocycles. The Hall–Kier alpha value is -0.640. The molecule has 1 saturated heterocycles. The van der Waals surface area contributed by atoms with Gasteiger partial charge in [-0.1, -0.05) is 0 Å². The summed E-state index contributed by atoms with van der Waals surface area (Å²) in [4.78, 5) is 4.32. The molecule has 4 heteroatoms. The first kappa shape index (κ1) is 9.90. The lowest BCUT2D eigenvalue weighted by molar-refractivity contribution is 0.504. The highest BCUT2D eigenvalue weighted by Crippen LogP contribution is 2.28. The Bertz CT molecular complexity index is 279. The number of nitrogens with one attached hydrogen (secondary N) is 1. The van der Waals surface area contributed by atoms with Crippen molar-refractivity contribution >= 4 is 17.7 Å². The van der Waals surface area contributed by atoms with E-state index in [1.165, 1.54) is 24.3 Å². The van der Waals surface area contributed by atoms with Gasteiger partial charge in [-0.3, -0.25) is 0 Å². The fourth-order valence-electron chi connectivity index (χ4n) is 1.85. The molecule has 14 heavy (non-hydrogen) atoms. The van der Waals surface area contributed by atoms with E-state index in [9.17, 15) is 0 Å². The molecule has 1 aliphatic rings. The Morgan fingerprint density at radius 3 is 3.36 bits per heavy atom. The first-order chi connectivity index (χ1) is 6.92. The number of thioether (sulfide) groups is 1. The molecule has 1 atom stereocenters. The van der Waals surface area contributed by atoms with Crippen molar-refractivity contribution in [1.82, 2.24) is 9.55 Å². The van der Waals surface area contributed by atoms with Gasteiger partial charge in [0.15, 0.2) is 0 Å². The van der Waals surface area contributed by atoms with Gasteiger partial charge in [-0.05, 0) is 25.5 Å². The van der Waals surface area contributed by atoms with E-state index in [-0.39, 0.29) is 0 Å². The highest BCUT2D eigenvalue weighted by Gasteiger charge is 2.17. The van der Waals surface area contributed by atoms with Crippen LogP contribution in [0.5, 0.6) is 0 Å². The van der Waals surface area contributed by atoms with Crippen LogP contribution >= 0.6 is 11.8 Å². The predicted molar refractivity (Wildman–Crippen MR) is 62.0 cm³/mol. The molecule has 3 nitrogen and oxygen atoms in total. The van der Waals surface area contributed by atoms with Crippen molar-refractivity contribution in [2.45, 2.75) is 25.8 Å². The number of nitrogens with zero attached hydrogens (tertiary/aromatic N) is 2. The minimum atomic E-state index is 0.644. The minimum absolute atomic E-state index is 0.644. The van der Waals surface area contributed by atoms with Gasteiger partial charge in [0.2, 0.25) is 5.95 Å². The minimum Gasteiger partial charge on any atom is -0.356 e. The monoisotopic (exact) mass is 211 g/mol. The summed E-state index contributed by atoms with van der Waals surface area (Å²) in [5.41, 5.74) is 0. The Morgan fingerprint density at radius 2 is 2.64 bits per heavy atom. The van der Waals surface area contributed by atoms with Crippen molar-refractivity contribution in [2.75, 3.05) is 23.4 Å². The average molecular weight is 211 g/mol. The predicted octanol–water partition coefficient (Wildman–Crippen LogP) is 2.38. The van der Waals surface area contributed by atoms with Crippen LogP contribution in [0, 0.1) is 0 Å². The zero-order valence-corrected chi connectivity index (χ0v) is 9.39. The van der Waals surface area contributed by atoms with Gasteiger partial charge in [-0.25, -0.2) is 4.98 Å². The summed E-state index contributed by atoms with van der Waals surface area (Å²) in [7, 11) is 0. The molecule has 0 aliphatic carbocycles. The second-order valence-electron chi connectivity index (χ2n) is 3.56. The third kappa shape index (κ3) is 2.05. The molecule has 0 amide bonds. The summed E-state index contributed by atoms with van der Waals surface area (Å²) in [5, 5.41) is 3.30. The van der Waals surface area contributed by atoms with Gasteiger partial charge in [-0.15, -0.1) is 0 Å². The Labute approximate surface area is 89.3 Å². The Morgan fingerprint density at radius 1 is 1.71 bits per heavy atom. The van der Waals surface area contributed by atoms with Gasteiger partial charge in [0.1, 0.15) is 0 Å². The standard InChI is InChI=1S/C10H17N3S/c1-2-11-10-12-5-6-13(10)9-4-3-7-14-8-9/h5-6,9H,2-4,7-8H2,1H3,(H,11,12). The van der Waals surface area contributed by atoms with E-state index in [0.717, 1.165) is 12.5 Å². The zero-order chi connectivity index (χ0) is 9.80. The van der Waals surface area contributed by atoms with Crippen molar-refractivity contribution in [1.29, 1.82) is 0 Å². The van der Waals surface area contributed by atoms with E-state index in [4.69, 9.17) is 0 Å². The third-order valence-corrected chi connectivity index (χ3v) is 3.73. The molecule has 1 aromatic rings. The quantitative estimate of drug-likeness (QED) is 0.832. The first-order valence-electron chi connectivity index (χ1n) is 5.26. The zero-order valence-electron chi connectivity index (χ0n) is 8.57. The Balaban J connectivity index is 2.09. The van der Waals surface area contributed by atoms with Crippen LogP contribution in [0.2, 0.25) is 0 Å². The lowest BCUT2D eigenvalue weighted by Gasteiger charge is -2.24. The van der Waals surface area contributed by atoms with Gasteiger partial charge < -0.3 is 9.88 Å². The number of rotatable bonds is 3. The lowest BCUT2D eigenvalue weighted by Crippen LogP contribution is -2.18. The van der Waals surface area contributed by atoms with Crippen molar-refractivity contribution in [2.24, 2.45) is 0 Å². The lowest BCUT2D eigenvalue weighted by atomic mass is 10.2. The molecule has 1 aliphatic heterocycles. The van der Waals surface area contributed by atoms with Crippen LogP contribution in [-0.4, -0.2) is 27.6 Å². The normalized spacial score (nSPS) is 22.2. The number of anilines is 1. The van der Waals surface area contributed by atoms with E-state index < -0.39 is 0 Å². The maximum absolute atomic E-state index is 4.32. The smallest absolute Gasteiger partial charge is 0.203 e. The fourth-order valence-corrected chi connectivity index (χ4v) is 2.98. The number of hydrogen-bond acceptors (Lipinski definition) is 3. The average Bonchev–Trinajstić information content (AvgIpc) is 2.68. The maximum atomic E-state index is 4.32. The summed E-state index contributed by atoms with van der Waals surface area (Å²) in [6, 6.07) is 0.644. The summed E-state index contributed by atoms with van der Waals surface area (Å²) in [6.07, 6.45) is 6.60. The van der Waals surface area contributed by atoms with Gasteiger partial charge >= 0.3 is 0 Å². The van der Waals surface area contributed by atoms with Gasteiger partial charge in [0.25, 0.3) is 0 Å². The molecule has 2 rings (SSSR count). The maximum Gasteiger partial charge on any atom is 0.203 e. The number of aromatic nitrogens is 2. The second kappa shape index (κ2) is 4.73. The summed E-state index contributed by atoms with van der Waals surface area (Å²) in [5.74, 6) is 3.58. The number of imidazole rings is 1. The van der Waals surface area contributed by atoms with Crippen molar-refractivity contribution in [3.63, 3.8) is 0 Å². The topological polar surface area (TPSA) is 29.9 Å². The second-order valence-corrected chi connectivity index (χ2v) is 4.71. The molecule has 0 aromatic carbocycles. The van der Waals surface area contributed by atoms with Crippen molar-refractivity contribution < 1.29 is 0 Å². The van der Waals surface area contributed by atoms with Gasteiger partial charge in [-0.2, -0.15) is 11.8 Å². The molecule has 0 radical (unpaired) electrons. The van der Waals surface area contributed by atoms with E-state index in [1.54, 1.807) is 0 Å². The van der Waals surface area contributed by atoms with Crippen LogP contribution in [0.3, 0.4) is 0 Å².